The number of pyridine rings is 2. The third kappa shape index (κ3) is 3.78. The number of hydrogen-bond donors (Lipinski definition) is 0. The van der Waals surface area contributed by atoms with Crippen molar-refractivity contribution in [1.29, 1.82) is 5.26 Å². The van der Waals surface area contributed by atoms with Crippen LogP contribution in [-0.4, -0.2) is 24.2 Å². The number of methoxy groups -OCH3 is 2. The van der Waals surface area contributed by atoms with Crippen molar-refractivity contribution in [1.82, 2.24) is 9.97 Å². The summed E-state index contributed by atoms with van der Waals surface area (Å²) in [7, 11) is 3.17. The Balaban J connectivity index is 2.54. The van der Waals surface area contributed by atoms with Gasteiger partial charge in [-0.1, -0.05) is 25.8 Å². The van der Waals surface area contributed by atoms with Gasteiger partial charge in [-0.25, -0.2) is 4.98 Å². The third-order valence-electron chi connectivity index (χ3n) is 3.66. The fourth-order valence-corrected chi connectivity index (χ4v) is 2.51. The monoisotopic (exact) mass is 311 g/mol. The van der Waals surface area contributed by atoms with Gasteiger partial charge in [0.1, 0.15) is 17.4 Å². The van der Waals surface area contributed by atoms with Crippen molar-refractivity contribution in [2.45, 2.75) is 32.6 Å². The molecular weight excluding hydrogens is 290 g/mol. The van der Waals surface area contributed by atoms with E-state index in [4.69, 9.17) is 9.47 Å². The van der Waals surface area contributed by atoms with Gasteiger partial charge in [0.2, 0.25) is 5.88 Å². The van der Waals surface area contributed by atoms with Crippen LogP contribution in [0.15, 0.2) is 24.4 Å². The summed E-state index contributed by atoms with van der Waals surface area (Å²) < 4.78 is 10.7. The van der Waals surface area contributed by atoms with E-state index in [2.05, 4.69) is 23.0 Å². The first-order valence-electron chi connectivity index (χ1n) is 7.72. The Bertz CT molecular complexity index is 708. The number of rotatable bonds is 7. The summed E-state index contributed by atoms with van der Waals surface area (Å²) in [6, 6.07) is 7.71. The Morgan fingerprint density at radius 3 is 2.65 bits per heavy atom. The quantitative estimate of drug-likeness (QED) is 0.728. The van der Waals surface area contributed by atoms with Crippen LogP contribution >= 0.6 is 0 Å². The number of nitrogens with zero attached hydrogens (tertiary/aromatic N) is 3. The minimum absolute atomic E-state index is 0.450. The van der Waals surface area contributed by atoms with E-state index >= 15 is 0 Å². The number of unbranched alkanes of at least 4 members (excludes halogenated alkanes) is 2. The lowest BCUT2D eigenvalue weighted by Crippen LogP contribution is -2.03. The first-order chi connectivity index (χ1) is 11.2. The lowest BCUT2D eigenvalue weighted by molar-refractivity contribution is 0.398. The summed E-state index contributed by atoms with van der Waals surface area (Å²) in [4.78, 5) is 8.92. The van der Waals surface area contributed by atoms with Crippen LogP contribution in [0.3, 0.4) is 0 Å². The lowest BCUT2D eigenvalue weighted by Gasteiger charge is -2.14. The molecule has 0 N–H and O–H groups in total. The van der Waals surface area contributed by atoms with Gasteiger partial charge in [-0.15, -0.1) is 0 Å². The summed E-state index contributed by atoms with van der Waals surface area (Å²) in [5, 5.41) is 9.28. The standard InChI is InChI=1S/C18H21N3O2/c1-4-5-6-8-14-17(15-9-7-10-16(21-15)22-2)20-12-13(11-19)18(14)23-3/h7,9-10,12H,4-6,8H2,1-3H3. The predicted octanol–water partition coefficient (Wildman–Crippen LogP) is 3.77. The Hall–Kier alpha value is -2.61. The second-order valence-electron chi connectivity index (χ2n) is 5.17. The zero-order valence-electron chi connectivity index (χ0n) is 13.8. The average Bonchev–Trinajstić information content (AvgIpc) is 2.61. The maximum atomic E-state index is 9.28. The van der Waals surface area contributed by atoms with Crippen molar-refractivity contribution in [3.8, 4) is 29.1 Å². The van der Waals surface area contributed by atoms with E-state index in [0.29, 0.717) is 17.2 Å². The molecule has 0 fully saturated rings. The van der Waals surface area contributed by atoms with Gasteiger partial charge in [0.15, 0.2) is 0 Å². The van der Waals surface area contributed by atoms with Crippen molar-refractivity contribution in [2.24, 2.45) is 0 Å². The van der Waals surface area contributed by atoms with Crippen molar-refractivity contribution in [3.05, 3.63) is 35.5 Å². The molecule has 0 saturated carbocycles. The smallest absolute Gasteiger partial charge is 0.213 e. The van der Waals surface area contributed by atoms with Crippen molar-refractivity contribution >= 4 is 0 Å². The van der Waals surface area contributed by atoms with Crippen LogP contribution in [0.2, 0.25) is 0 Å². The first kappa shape index (κ1) is 16.8. The molecule has 2 aromatic heterocycles. The molecule has 0 saturated heterocycles. The SMILES string of the molecule is CCCCCc1c(-c2cccc(OC)n2)ncc(C#N)c1OC. The maximum Gasteiger partial charge on any atom is 0.213 e. The van der Waals surface area contributed by atoms with Crippen LogP contribution in [0.5, 0.6) is 11.6 Å². The summed E-state index contributed by atoms with van der Waals surface area (Å²) in [5.41, 5.74) is 2.85. The highest BCUT2D eigenvalue weighted by Gasteiger charge is 2.18. The molecular formula is C18H21N3O2. The molecule has 5 nitrogen and oxygen atoms in total. The van der Waals surface area contributed by atoms with Crippen LogP contribution in [0.4, 0.5) is 0 Å². The van der Waals surface area contributed by atoms with E-state index < -0.39 is 0 Å². The second-order valence-corrected chi connectivity index (χ2v) is 5.17. The van der Waals surface area contributed by atoms with Crippen molar-refractivity contribution in [3.63, 3.8) is 0 Å². The minimum Gasteiger partial charge on any atom is -0.495 e. The largest absolute Gasteiger partial charge is 0.495 e. The van der Waals surface area contributed by atoms with E-state index in [1.165, 1.54) is 0 Å². The number of ether oxygens (including phenoxy) is 2. The van der Waals surface area contributed by atoms with Gasteiger partial charge in [-0.2, -0.15) is 5.26 Å². The minimum atomic E-state index is 0.450. The molecule has 0 spiro atoms. The molecule has 0 aliphatic carbocycles. The molecule has 0 radical (unpaired) electrons. The summed E-state index contributed by atoms with van der Waals surface area (Å²) in [6.45, 7) is 2.16. The topological polar surface area (TPSA) is 68.0 Å². The van der Waals surface area contributed by atoms with Gasteiger partial charge < -0.3 is 9.47 Å². The average molecular weight is 311 g/mol. The van der Waals surface area contributed by atoms with E-state index in [1.807, 2.05) is 12.1 Å². The van der Waals surface area contributed by atoms with E-state index in [-0.39, 0.29) is 0 Å². The van der Waals surface area contributed by atoms with Gasteiger partial charge in [-0.3, -0.25) is 4.98 Å². The maximum absolute atomic E-state index is 9.28. The molecule has 120 valence electrons. The van der Waals surface area contributed by atoms with Gasteiger partial charge >= 0.3 is 0 Å². The van der Waals surface area contributed by atoms with Crippen LogP contribution in [0.25, 0.3) is 11.4 Å². The van der Waals surface area contributed by atoms with Gasteiger partial charge in [0, 0.05) is 17.8 Å². The number of hydrogen-bond acceptors (Lipinski definition) is 5. The van der Waals surface area contributed by atoms with Gasteiger partial charge in [-0.05, 0) is 18.9 Å². The summed E-state index contributed by atoms with van der Waals surface area (Å²) >= 11 is 0. The summed E-state index contributed by atoms with van der Waals surface area (Å²) in [5.74, 6) is 1.13. The molecule has 2 heterocycles. The zero-order valence-corrected chi connectivity index (χ0v) is 13.8. The fraction of sp³-hybridized carbons (Fsp3) is 0.389. The molecule has 2 rings (SSSR count). The molecule has 0 aliphatic heterocycles. The van der Waals surface area contributed by atoms with E-state index in [0.717, 1.165) is 42.6 Å². The fourth-order valence-electron chi connectivity index (χ4n) is 2.51. The Kier molecular flexibility index (Phi) is 5.93. The second kappa shape index (κ2) is 8.14. The van der Waals surface area contributed by atoms with Crippen LogP contribution < -0.4 is 9.47 Å². The molecule has 2 aromatic rings. The predicted molar refractivity (Wildman–Crippen MR) is 88.5 cm³/mol. The number of nitriles is 1. The van der Waals surface area contributed by atoms with Crippen molar-refractivity contribution in [2.75, 3.05) is 14.2 Å². The highest BCUT2D eigenvalue weighted by atomic mass is 16.5. The first-order valence-corrected chi connectivity index (χ1v) is 7.72. The Morgan fingerprint density at radius 2 is 2.00 bits per heavy atom. The normalized spacial score (nSPS) is 10.2. The van der Waals surface area contributed by atoms with Crippen LogP contribution in [0, 0.1) is 11.3 Å². The van der Waals surface area contributed by atoms with Crippen molar-refractivity contribution < 1.29 is 9.47 Å². The van der Waals surface area contributed by atoms with Crippen LogP contribution in [-0.2, 0) is 6.42 Å². The van der Waals surface area contributed by atoms with E-state index in [9.17, 15) is 5.26 Å². The number of aromatic nitrogens is 2. The zero-order chi connectivity index (χ0) is 16.7. The van der Waals surface area contributed by atoms with Crippen LogP contribution in [0.1, 0.15) is 37.3 Å². The third-order valence-corrected chi connectivity index (χ3v) is 3.66. The van der Waals surface area contributed by atoms with E-state index in [1.54, 1.807) is 26.5 Å². The molecule has 0 amide bonds. The highest BCUT2D eigenvalue weighted by Crippen LogP contribution is 2.32. The van der Waals surface area contributed by atoms with Gasteiger partial charge in [0.05, 0.1) is 25.6 Å². The molecule has 0 atom stereocenters. The molecule has 0 aromatic carbocycles. The molecule has 5 heteroatoms. The lowest BCUT2D eigenvalue weighted by atomic mass is 10.0. The summed E-state index contributed by atoms with van der Waals surface area (Å²) in [6.07, 6.45) is 5.60. The Labute approximate surface area is 136 Å². The molecule has 0 bridgehead atoms. The Morgan fingerprint density at radius 1 is 1.17 bits per heavy atom. The molecule has 0 unspecified atom stereocenters. The molecule has 0 aliphatic rings. The van der Waals surface area contributed by atoms with Gasteiger partial charge in [0.25, 0.3) is 0 Å². The molecule has 23 heavy (non-hydrogen) atoms. The highest BCUT2D eigenvalue weighted by molar-refractivity contribution is 5.66.